The van der Waals surface area contributed by atoms with Gasteiger partial charge in [0.2, 0.25) is 5.91 Å². The molecule has 0 aromatic carbocycles. The maximum atomic E-state index is 11.0. The second-order valence-corrected chi connectivity index (χ2v) is 3.18. The maximum absolute atomic E-state index is 11.0. The fourth-order valence-corrected chi connectivity index (χ4v) is 1.76. The van der Waals surface area contributed by atoms with Crippen molar-refractivity contribution in [3.8, 4) is 0 Å². The third-order valence-corrected chi connectivity index (χ3v) is 2.26. The minimum atomic E-state index is 0.162. The van der Waals surface area contributed by atoms with E-state index in [1.807, 2.05) is 4.90 Å². The van der Waals surface area contributed by atoms with E-state index < -0.39 is 0 Å². The molecule has 1 fully saturated rings. The van der Waals surface area contributed by atoms with Crippen molar-refractivity contribution in [2.45, 2.75) is 25.8 Å². The first-order valence-corrected chi connectivity index (χ1v) is 4.31. The Morgan fingerprint density at radius 2 is 2.55 bits per heavy atom. The normalized spacial score (nSPS) is 24.2. The van der Waals surface area contributed by atoms with E-state index in [2.05, 4.69) is 9.47 Å². The molecule has 11 heavy (non-hydrogen) atoms. The van der Waals surface area contributed by atoms with E-state index in [4.69, 9.17) is 4.52 Å². The highest BCUT2D eigenvalue weighted by Crippen LogP contribution is 2.17. The summed E-state index contributed by atoms with van der Waals surface area (Å²) in [5.74, 6) is 0.162. The molecule has 0 N–H and O–H groups in total. The fraction of sp³-hybridized carbons (Fsp3) is 0.857. The third kappa shape index (κ3) is 2.14. The van der Waals surface area contributed by atoms with Crippen LogP contribution in [0.15, 0.2) is 0 Å². The van der Waals surface area contributed by atoms with Crippen molar-refractivity contribution >= 4 is 15.4 Å². The number of rotatable bonds is 2. The lowest BCUT2D eigenvalue weighted by atomic mass is 10.2. The average molecular weight is 175 g/mol. The second-order valence-electron chi connectivity index (χ2n) is 2.84. The van der Waals surface area contributed by atoms with Gasteiger partial charge in [-0.1, -0.05) is 0 Å². The number of nitrogens with zero attached hydrogens (tertiary/aromatic N) is 1. The summed E-state index contributed by atoms with van der Waals surface area (Å²) in [5, 5.41) is 0. The van der Waals surface area contributed by atoms with Gasteiger partial charge in [0.15, 0.2) is 0 Å². The highest BCUT2D eigenvalue weighted by atomic mass is 31.0. The molecule has 2 atom stereocenters. The van der Waals surface area contributed by atoms with E-state index in [0.29, 0.717) is 12.6 Å². The molecule has 4 heteroatoms. The molecule has 2 unspecified atom stereocenters. The van der Waals surface area contributed by atoms with Crippen LogP contribution in [0.2, 0.25) is 0 Å². The van der Waals surface area contributed by atoms with Gasteiger partial charge in [-0.3, -0.25) is 4.79 Å². The zero-order valence-electron chi connectivity index (χ0n) is 6.75. The number of hydrogen-bond acceptors (Lipinski definition) is 2. The van der Waals surface area contributed by atoms with Crippen molar-refractivity contribution in [2.24, 2.45) is 0 Å². The van der Waals surface area contributed by atoms with Gasteiger partial charge in [0.1, 0.15) is 0 Å². The number of likely N-dealkylation sites (tertiary alicyclic amines) is 1. The van der Waals surface area contributed by atoms with Crippen molar-refractivity contribution < 1.29 is 9.32 Å². The maximum Gasteiger partial charge on any atom is 0.219 e. The van der Waals surface area contributed by atoms with Gasteiger partial charge in [-0.2, -0.15) is 0 Å². The summed E-state index contributed by atoms with van der Waals surface area (Å²) in [7, 11) is 2.22. The summed E-state index contributed by atoms with van der Waals surface area (Å²) in [6.07, 6.45) is 2.19. The van der Waals surface area contributed by atoms with E-state index in [-0.39, 0.29) is 5.91 Å². The van der Waals surface area contributed by atoms with Crippen LogP contribution in [0, 0.1) is 0 Å². The van der Waals surface area contributed by atoms with E-state index in [1.54, 1.807) is 6.92 Å². The molecule has 0 aromatic heterocycles. The molecule has 1 aliphatic rings. The van der Waals surface area contributed by atoms with Crippen molar-refractivity contribution in [1.82, 2.24) is 4.90 Å². The molecule has 0 spiro atoms. The largest absolute Gasteiger partial charge is 0.364 e. The SMILES string of the molecule is CC(=O)N1CCCC1COP. The van der Waals surface area contributed by atoms with E-state index in [9.17, 15) is 4.79 Å². The first-order valence-electron chi connectivity index (χ1n) is 3.84. The van der Waals surface area contributed by atoms with Crippen molar-refractivity contribution in [3.63, 3.8) is 0 Å². The molecule has 1 amide bonds. The van der Waals surface area contributed by atoms with E-state index >= 15 is 0 Å². The number of carbonyl (C=O) groups excluding carboxylic acids is 1. The van der Waals surface area contributed by atoms with Crippen LogP contribution in [0.25, 0.3) is 0 Å². The Balaban J connectivity index is 2.44. The molecule has 3 nitrogen and oxygen atoms in total. The fourth-order valence-electron chi connectivity index (χ4n) is 1.53. The molecule has 0 bridgehead atoms. The first-order chi connectivity index (χ1) is 5.25. The molecular weight excluding hydrogens is 161 g/mol. The lowest BCUT2D eigenvalue weighted by molar-refractivity contribution is -0.130. The van der Waals surface area contributed by atoms with Crippen LogP contribution < -0.4 is 0 Å². The Hall–Kier alpha value is -0.140. The number of carbonyl (C=O) groups is 1. The van der Waals surface area contributed by atoms with Gasteiger partial charge in [0.25, 0.3) is 0 Å². The summed E-state index contributed by atoms with van der Waals surface area (Å²) < 4.78 is 4.93. The Kier molecular flexibility index (Phi) is 3.28. The highest BCUT2D eigenvalue weighted by Gasteiger charge is 2.25. The van der Waals surface area contributed by atoms with Crippen LogP contribution in [-0.2, 0) is 9.32 Å². The smallest absolute Gasteiger partial charge is 0.219 e. The van der Waals surface area contributed by atoms with Crippen molar-refractivity contribution in [1.29, 1.82) is 0 Å². The lowest BCUT2D eigenvalue weighted by Gasteiger charge is -2.21. The summed E-state index contributed by atoms with van der Waals surface area (Å²) in [6.45, 7) is 3.15. The van der Waals surface area contributed by atoms with Gasteiger partial charge in [0.05, 0.1) is 12.6 Å². The minimum absolute atomic E-state index is 0.162. The van der Waals surface area contributed by atoms with Crippen molar-refractivity contribution in [2.75, 3.05) is 13.2 Å². The van der Waals surface area contributed by atoms with E-state index in [1.165, 1.54) is 0 Å². The van der Waals surface area contributed by atoms with Gasteiger partial charge in [-0.05, 0) is 12.8 Å². The first kappa shape index (κ1) is 8.95. The highest BCUT2D eigenvalue weighted by molar-refractivity contribution is 7.09. The molecule has 1 rings (SSSR count). The van der Waals surface area contributed by atoms with Crippen LogP contribution in [0.3, 0.4) is 0 Å². The van der Waals surface area contributed by atoms with Crippen LogP contribution in [0.4, 0.5) is 0 Å². The van der Waals surface area contributed by atoms with Crippen LogP contribution >= 0.6 is 9.47 Å². The average Bonchev–Trinajstić information content (AvgIpc) is 2.36. The molecule has 1 saturated heterocycles. The topological polar surface area (TPSA) is 29.5 Å². The zero-order chi connectivity index (χ0) is 8.27. The molecule has 0 aliphatic carbocycles. The predicted molar refractivity (Wildman–Crippen MR) is 46.1 cm³/mol. The molecule has 0 saturated carbocycles. The van der Waals surface area contributed by atoms with E-state index in [0.717, 1.165) is 19.4 Å². The molecule has 1 aliphatic heterocycles. The standard InChI is InChI=1S/C7H14NO2P/c1-6(9)8-4-2-3-7(8)5-10-11/h7H,2-5,11H2,1H3. The predicted octanol–water partition coefficient (Wildman–Crippen LogP) is 0.804. The third-order valence-electron chi connectivity index (χ3n) is 2.07. The summed E-state index contributed by atoms with van der Waals surface area (Å²) >= 11 is 0. The van der Waals surface area contributed by atoms with Crippen LogP contribution in [-0.4, -0.2) is 30.0 Å². The second kappa shape index (κ2) is 4.03. The van der Waals surface area contributed by atoms with Gasteiger partial charge < -0.3 is 9.42 Å². The Labute approximate surface area is 69.4 Å². The van der Waals surface area contributed by atoms with Crippen molar-refractivity contribution in [3.05, 3.63) is 0 Å². The Morgan fingerprint density at radius 1 is 1.82 bits per heavy atom. The summed E-state index contributed by atoms with van der Waals surface area (Å²) in [5.41, 5.74) is 0. The van der Waals surface area contributed by atoms with Gasteiger partial charge in [0, 0.05) is 22.9 Å². The minimum Gasteiger partial charge on any atom is -0.364 e. The molecular formula is C7H14NO2P. The number of amides is 1. The molecule has 0 radical (unpaired) electrons. The quantitative estimate of drug-likeness (QED) is 0.581. The summed E-state index contributed by atoms with van der Waals surface area (Å²) in [4.78, 5) is 12.9. The Bertz CT molecular complexity index is 151. The summed E-state index contributed by atoms with van der Waals surface area (Å²) in [6, 6.07) is 0.310. The zero-order valence-corrected chi connectivity index (χ0v) is 7.90. The van der Waals surface area contributed by atoms with Gasteiger partial charge in [-0.25, -0.2) is 0 Å². The lowest BCUT2D eigenvalue weighted by Crippen LogP contribution is -2.35. The Morgan fingerprint density at radius 3 is 3.09 bits per heavy atom. The molecule has 0 aromatic rings. The molecule has 1 heterocycles. The van der Waals surface area contributed by atoms with Crippen LogP contribution in [0.1, 0.15) is 19.8 Å². The monoisotopic (exact) mass is 175 g/mol. The molecule has 64 valence electrons. The van der Waals surface area contributed by atoms with Crippen LogP contribution in [0.5, 0.6) is 0 Å². The van der Waals surface area contributed by atoms with Gasteiger partial charge in [-0.15, -0.1) is 0 Å². The number of hydrogen-bond donors (Lipinski definition) is 0. The van der Waals surface area contributed by atoms with Gasteiger partial charge >= 0.3 is 0 Å².